The van der Waals surface area contributed by atoms with Gasteiger partial charge in [-0.05, 0) is 42.8 Å². The number of oxazole rings is 1. The zero-order valence-corrected chi connectivity index (χ0v) is 17.7. The Morgan fingerprint density at radius 1 is 1.00 bits per heavy atom. The van der Waals surface area contributed by atoms with Gasteiger partial charge in [0.25, 0.3) is 5.89 Å². The normalized spacial score (nSPS) is 11.8. The maximum Gasteiger partial charge on any atom is 0.263 e. The van der Waals surface area contributed by atoms with E-state index in [1.807, 2.05) is 30.3 Å². The van der Waals surface area contributed by atoms with E-state index in [2.05, 4.69) is 4.98 Å². The van der Waals surface area contributed by atoms with Crippen LogP contribution in [0.1, 0.15) is 17.0 Å². The van der Waals surface area contributed by atoms with E-state index in [1.54, 1.807) is 31.2 Å². The van der Waals surface area contributed by atoms with Gasteiger partial charge in [-0.3, -0.25) is 0 Å². The minimum Gasteiger partial charge on any atom is -0.459 e. The van der Waals surface area contributed by atoms with Crippen molar-refractivity contribution in [1.82, 2.24) is 9.29 Å². The number of nitrogens with zero attached hydrogens (tertiary/aromatic N) is 2. The minimum absolute atomic E-state index is 0.0415. The first kappa shape index (κ1) is 20.4. The van der Waals surface area contributed by atoms with Gasteiger partial charge in [0.2, 0.25) is 10.0 Å². The number of benzene rings is 2. The minimum atomic E-state index is -3.84. The number of furan rings is 1. The fourth-order valence-electron chi connectivity index (χ4n) is 3.04. The van der Waals surface area contributed by atoms with E-state index in [-0.39, 0.29) is 18.0 Å². The summed E-state index contributed by atoms with van der Waals surface area (Å²) < 4.78 is 39.3. The molecule has 0 aliphatic heterocycles. The Hall–Kier alpha value is -2.87. The molecule has 0 fully saturated rings. The molecule has 0 N–H and O–H groups in total. The van der Waals surface area contributed by atoms with Crippen molar-refractivity contribution in [2.45, 2.75) is 24.9 Å². The molecule has 0 saturated heterocycles. The van der Waals surface area contributed by atoms with Crippen LogP contribution in [0.15, 0.2) is 86.7 Å². The summed E-state index contributed by atoms with van der Waals surface area (Å²) in [6.07, 6.45) is 1.53. The highest BCUT2D eigenvalue weighted by atomic mass is 35.5. The van der Waals surface area contributed by atoms with Crippen molar-refractivity contribution >= 4 is 21.6 Å². The van der Waals surface area contributed by atoms with Gasteiger partial charge < -0.3 is 8.83 Å². The molecule has 0 aliphatic carbocycles. The summed E-state index contributed by atoms with van der Waals surface area (Å²) in [5.74, 6) is 1.32. The highest BCUT2D eigenvalue weighted by Gasteiger charge is 2.27. The predicted octanol–water partition coefficient (Wildman–Crippen LogP) is 5.29. The van der Waals surface area contributed by atoms with Gasteiger partial charge in [0.15, 0.2) is 5.76 Å². The maximum atomic E-state index is 13.4. The lowest BCUT2D eigenvalue weighted by molar-refractivity contribution is 0.394. The Morgan fingerprint density at radius 3 is 2.50 bits per heavy atom. The molecular weight excluding hydrogens is 424 g/mol. The summed E-state index contributed by atoms with van der Waals surface area (Å²) in [6.45, 7) is 1.97. The zero-order valence-electron chi connectivity index (χ0n) is 16.2. The molecule has 30 heavy (non-hydrogen) atoms. The molecule has 2 aromatic heterocycles. The summed E-state index contributed by atoms with van der Waals surface area (Å²) in [4.78, 5) is 4.59. The first-order chi connectivity index (χ1) is 14.4. The molecule has 0 bridgehead atoms. The molecule has 0 spiro atoms. The molecule has 4 rings (SSSR count). The van der Waals surface area contributed by atoms with E-state index in [0.717, 1.165) is 5.56 Å². The molecular formula is C22H19ClN2O4S. The van der Waals surface area contributed by atoms with Crippen LogP contribution in [0.3, 0.4) is 0 Å². The Bertz CT molecular complexity index is 1240. The van der Waals surface area contributed by atoms with Gasteiger partial charge in [0.05, 0.1) is 23.4 Å². The summed E-state index contributed by atoms with van der Waals surface area (Å²) >= 11 is 6.04. The average Bonchev–Trinajstić information content (AvgIpc) is 3.38. The van der Waals surface area contributed by atoms with Crippen LogP contribution >= 0.6 is 11.6 Å². The van der Waals surface area contributed by atoms with Gasteiger partial charge in [-0.15, -0.1) is 0 Å². The number of hydrogen-bond donors (Lipinski definition) is 0. The van der Waals surface area contributed by atoms with Crippen LogP contribution in [0.2, 0.25) is 5.02 Å². The van der Waals surface area contributed by atoms with Gasteiger partial charge in [-0.1, -0.05) is 48.0 Å². The fraction of sp³-hybridized carbons (Fsp3) is 0.136. The molecule has 0 atom stereocenters. The van der Waals surface area contributed by atoms with Gasteiger partial charge in [0.1, 0.15) is 5.76 Å². The van der Waals surface area contributed by atoms with Crippen LogP contribution in [0.25, 0.3) is 11.7 Å². The van der Waals surface area contributed by atoms with E-state index in [0.29, 0.717) is 28.1 Å². The number of aromatic nitrogens is 1. The van der Waals surface area contributed by atoms with E-state index in [4.69, 9.17) is 20.4 Å². The number of hydrogen-bond acceptors (Lipinski definition) is 5. The van der Waals surface area contributed by atoms with E-state index >= 15 is 0 Å². The standard InChI is InChI=1S/C22H19ClN2O4S/c1-16-20(24-22(29-16)21-11-6-12-28-21)15-25(14-17-7-3-2-4-8-17)30(26,27)19-10-5-9-18(23)13-19/h2-13H,14-15H2,1H3. The molecule has 8 heteroatoms. The first-order valence-electron chi connectivity index (χ1n) is 9.23. The van der Waals surface area contributed by atoms with E-state index in [1.165, 1.54) is 22.7 Å². The van der Waals surface area contributed by atoms with Crippen molar-refractivity contribution < 1.29 is 17.3 Å². The van der Waals surface area contributed by atoms with Crippen LogP contribution in [-0.4, -0.2) is 17.7 Å². The lowest BCUT2D eigenvalue weighted by atomic mass is 10.2. The third-order valence-corrected chi connectivity index (χ3v) is 6.61. The van der Waals surface area contributed by atoms with Crippen LogP contribution in [0, 0.1) is 6.92 Å². The van der Waals surface area contributed by atoms with Crippen molar-refractivity contribution in [3.8, 4) is 11.7 Å². The quantitative estimate of drug-likeness (QED) is 0.388. The summed E-state index contributed by atoms with van der Waals surface area (Å²) in [6, 6.07) is 19.1. The van der Waals surface area contributed by atoms with Crippen molar-refractivity contribution in [2.75, 3.05) is 0 Å². The Morgan fingerprint density at radius 2 is 1.80 bits per heavy atom. The molecule has 0 saturated carbocycles. The molecule has 6 nitrogen and oxygen atoms in total. The lowest BCUT2D eigenvalue weighted by Crippen LogP contribution is -2.30. The Labute approximate surface area is 179 Å². The van der Waals surface area contributed by atoms with Crippen molar-refractivity contribution in [3.05, 3.63) is 95.0 Å². The highest BCUT2D eigenvalue weighted by molar-refractivity contribution is 7.89. The second-order valence-corrected chi connectivity index (χ2v) is 9.09. The number of aryl methyl sites for hydroxylation is 1. The van der Waals surface area contributed by atoms with Crippen LogP contribution < -0.4 is 0 Å². The SMILES string of the molecule is Cc1oc(-c2ccco2)nc1CN(Cc1ccccc1)S(=O)(=O)c1cccc(Cl)c1. The molecule has 0 aliphatic rings. The van der Waals surface area contributed by atoms with Gasteiger partial charge in [0, 0.05) is 11.6 Å². The summed E-state index contributed by atoms with van der Waals surface area (Å²) in [5, 5.41) is 0.355. The second kappa shape index (κ2) is 8.47. The van der Waals surface area contributed by atoms with Crippen molar-refractivity contribution in [1.29, 1.82) is 0 Å². The Kier molecular flexibility index (Phi) is 5.76. The highest BCUT2D eigenvalue weighted by Crippen LogP contribution is 2.27. The van der Waals surface area contributed by atoms with Gasteiger partial charge >= 0.3 is 0 Å². The largest absolute Gasteiger partial charge is 0.459 e. The van der Waals surface area contributed by atoms with Crippen LogP contribution in [0.4, 0.5) is 0 Å². The molecule has 4 aromatic rings. The third-order valence-electron chi connectivity index (χ3n) is 4.59. The second-order valence-electron chi connectivity index (χ2n) is 6.72. The van der Waals surface area contributed by atoms with E-state index in [9.17, 15) is 8.42 Å². The lowest BCUT2D eigenvalue weighted by Gasteiger charge is -2.22. The maximum absolute atomic E-state index is 13.4. The fourth-order valence-corrected chi connectivity index (χ4v) is 4.73. The van der Waals surface area contributed by atoms with Gasteiger partial charge in [-0.25, -0.2) is 13.4 Å². The smallest absolute Gasteiger partial charge is 0.263 e. The van der Waals surface area contributed by atoms with Crippen molar-refractivity contribution in [2.24, 2.45) is 0 Å². The average molecular weight is 443 g/mol. The summed E-state index contributed by atoms with van der Waals surface area (Å²) in [5.41, 5.74) is 1.37. The molecule has 0 radical (unpaired) electrons. The molecule has 2 aromatic carbocycles. The van der Waals surface area contributed by atoms with Crippen LogP contribution in [-0.2, 0) is 23.1 Å². The molecule has 0 unspecified atom stereocenters. The Balaban J connectivity index is 1.71. The monoisotopic (exact) mass is 442 g/mol. The zero-order chi connectivity index (χ0) is 21.1. The number of rotatable bonds is 7. The predicted molar refractivity (Wildman–Crippen MR) is 113 cm³/mol. The molecule has 2 heterocycles. The van der Waals surface area contributed by atoms with E-state index < -0.39 is 10.0 Å². The third kappa shape index (κ3) is 4.33. The molecule has 154 valence electrons. The summed E-state index contributed by atoms with van der Waals surface area (Å²) in [7, 11) is -3.84. The first-order valence-corrected chi connectivity index (χ1v) is 11.0. The van der Waals surface area contributed by atoms with Gasteiger partial charge in [-0.2, -0.15) is 4.31 Å². The number of halogens is 1. The number of sulfonamides is 1. The topological polar surface area (TPSA) is 76.6 Å². The molecule has 0 amide bonds. The van der Waals surface area contributed by atoms with Crippen molar-refractivity contribution in [3.63, 3.8) is 0 Å². The van der Waals surface area contributed by atoms with Crippen LogP contribution in [0.5, 0.6) is 0 Å².